The van der Waals surface area contributed by atoms with Crippen LogP contribution in [-0.4, -0.2) is 65.5 Å². The predicted molar refractivity (Wildman–Crippen MR) is 122 cm³/mol. The molecule has 3 rings (SSSR count). The third-order valence-corrected chi connectivity index (χ3v) is 6.00. The average molecular weight is 459 g/mol. The van der Waals surface area contributed by atoms with Gasteiger partial charge in [-0.05, 0) is 40.7 Å². The zero-order valence-corrected chi connectivity index (χ0v) is 18.4. The maximum absolute atomic E-state index is 12.5. The monoisotopic (exact) mass is 458 g/mol. The number of ether oxygens (including phenoxy) is 1. The molecule has 0 aromatic heterocycles. The van der Waals surface area contributed by atoms with Crippen LogP contribution in [0.25, 0.3) is 11.1 Å². The number of nitrogens with one attached hydrogen (secondary N) is 2. The minimum Gasteiger partial charge on any atom is -0.480 e. The first-order valence-corrected chi connectivity index (χ1v) is 11.6. The summed E-state index contributed by atoms with van der Waals surface area (Å²) in [5.74, 6) is -1.59. The Morgan fingerprint density at radius 1 is 1.00 bits per heavy atom. The highest BCUT2D eigenvalue weighted by atomic mass is 32.2. The van der Waals surface area contributed by atoms with Crippen LogP contribution in [0.4, 0.5) is 4.79 Å². The number of amides is 2. The Labute approximate surface area is 190 Å². The van der Waals surface area contributed by atoms with Crippen molar-refractivity contribution >= 4 is 29.7 Å². The molecule has 32 heavy (non-hydrogen) atoms. The summed E-state index contributed by atoms with van der Waals surface area (Å²) in [4.78, 5) is 36.1. The van der Waals surface area contributed by atoms with E-state index in [2.05, 4.69) is 10.6 Å². The number of aliphatic hydroxyl groups is 1. The van der Waals surface area contributed by atoms with Crippen molar-refractivity contribution in [2.75, 3.05) is 25.2 Å². The minimum atomic E-state index is -1.44. The molecule has 4 N–H and O–H groups in total. The Hall–Kier alpha value is -3.04. The van der Waals surface area contributed by atoms with E-state index in [1.54, 1.807) is 0 Å². The molecule has 0 fully saturated rings. The number of thioether (sulfide) groups is 1. The van der Waals surface area contributed by atoms with Crippen LogP contribution in [0, 0.1) is 0 Å². The zero-order valence-electron chi connectivity index (χ0n) is 17.6. The first-order valence-electron chi connectivity index (χ1n) is 10.2. The summed E-state index contributed by atoms with van der Waals surface area (Å²) in [6.07, 6.45) is 1.38. The number of aliphatic carboxylic acids is 1. The largest absolute Gasteiger partial charge is 0.480 e. The molecule has 170 valence electrons. The van der Waals surface area contributed by atoms with Gasteiger partial charge in [-0.1, -0.05) is 48.5 Å². The number of carboxylic acids is 1. The third kappa shape index (κ3) is 5.41. The molecule has 0 spiro atoms. The van der Waals surface area contributed by atoms with E-state index in [1.807, 2.05) is 54.8 Å². The number of rotatable bonds is 10. The molecule has 1 aliphatic rings. The van der Waals surface area contributed by atoms with Crippen molar-refractivity contribution in [3.05, 3.63) is 59.7 Å². The first kappa shape index (κ1) is 23.6. The molecular formula is C23H26N2O6S. The van der Waals surface area contributed by atoms with E-state index in [0.29, 0.717) is 5.75 Å². The normalized spacial score (nSPS) is 14.1. The van der Waals surface area contributed by atoms with E-state index in [9.17, 15) is 14.4 Å². The third-order valence-electron chi connectivity index (χ3n) is 5.36. The molecule has 8 nitrogen and oxygen atoms in total. The summed E-state index contributed by atoms with van der Waals surface area (Å²) in [6, 6.07) is 13.5. The van der Waals surface area contributed by atoms with E-state index >= 15 is 0 Å². The smallest absolute Gasteiger partial charge is 0.407 e. The highest BCUT2D eigenvalue weighted by Crippen LogP contribution is 2.44. The number of hydrogen-bond donors (Lipinski definition) is 4. The van der Waals surface area contributed by atoms with Crippen LogP contribution in [0.3, 0.4) is 0 Å². The lowest BCUT2D eigenvalue weighted by Crippen LogP contribution is -2.53. The fourth-order valence-corrected chi connectivity index (χ4v) is 4.22. The van der Waals surface area contributed by atoms with Crippen molar-refractivity contribution in [1.29, 1.82) is 0 Å². The summed E-state index contributed by atoms with van der Waals surface area (Å²) in [5.41, 5.74) is 4.37. The van der Waals surface area contributed by atoms with Gasteiger partial charge in [-0.25, -0.2) is 9.59 Å². The second kappa shape index (κ2) is 11.0. The summed E-state index contributed by atoms with van der Waals surface area (Å²) >= 11 is 1.49. The molecule has 0 unspecified atom stereocenters. The Bertz CT molecular complexity index is 937. The molecule has 2 atom stereocenters. The van der Waals surface area contributed by atoms with Crippen LogP contribution in [0.5, 0.6) is 0 Å². The molecule has 2 amide bonds. The molecule has 0 saturated carbocycles. The lowest BCUT2D eigenvalue weighted by atomic mass is 9.98. The van der Waals surface area contributed by atoms with Gasteiger partial charge in [0.2, 0.25) is 5.91 Å². The fourth-order valence-electron chi connectivity index (χ4n) is 3.74. The molecule has 0 bridgehead atoms. The molecule has 2 aromatic carbocycles. The molecular weight excluding hydrogens is 432 g/mol. The van der Waals surface area contributed by atoms with E-state index in [1.165, 1.54) is 11.8 Å². The number of carbonyl (C=O) groups excluding carboxylic acids is 2. The molecule has 9 heteroatoms. The van der Waals surface area contributed by atoms with Crippen molar-refractivity contribution in [3.63, 3.8) is 0 Å². The van der Waals surface area contributed by atoms with Gasteiger partial charge in [0.15, 0.2) is 0 Å². The van der Waals surface area contributed by atoms with Crippen LogP contribution < -0.4 is 10.6 Å². The number of benzene rings is 2. The Balaban J connectivity index is 1.65. The van der Waals surface area contributed by atoms with Gasteiger partial charge in [0.25, 0.3) is 0 Å². The Morgan fingerprint density at radius 3 is 2.12 bits per heavy atom. The van der Waals surface area contributed by atoms with E-state index in [-0.39, 0.29) is 18.9 Å². The average Bonchev–Trinajstić information content (AvgIpc) is 3.12. The number of hydrogen-bond acceptors (Lipinski definition) is 6. The van der Waals surface area contributed by atoms with Crippen LogP contribution >= 0.6 is 11.8 Å². The van der Waals surface area contributed by atoms with Gasteiger partial charge in [0.1, 0.15) is 18.7 Å². The van der Waals surface area contributed by atoms with Crippen molar-refractivity contribution in [1.82, 2.24) is 10.6 Å². The summed E-state index contributed by atoms with van der Waals surface area (Å²) in [6.45, 7) is -0.646. The van der Waals surface area contributed by atoms with Crippen LogP contribution in [0.15, 0.2) is 48.5 Å². The van der Waals surface area contributed by atoms with Crippen LogP contribution in [0.1, 0.15) is 23.5 Å². The van der Waals surface area contributed by atoms with Gasteiger partial charge in [-0.3, -0.25) is 4.79 Å². The Morgan fingerprint density at radius 2 is 1.59 bits per heavy atom. The van der Waals surface area contributed by atoms with Crippen molar-refractivity contribution in [2.45, 2.75) is 24.4 Å². The maximum Gasteiger partial charge on any atom is 0.407 e. The quantitative estimate of drug-likeness (QED) is 0.430. The lowest BCUT2D eigenvalue weighted by Gasteiger charge is -2.21. The molecule has 2 aromatic rings. The highest BCUT2D eigenvalue weighted by Gasteiger charge is 2.30. The molecule has 1 aliphatic carbocycles. The second-order valence-corrected chi connectivity index (χ2v) is 8.37. The maximum atomic E-state index is 12.5. The standard InChI is InChI=1S/C23H26N2O6S/c1-32-11-10-19(21(27)24-20(12-26)22(28)29)25-23(30)31-13-18-16-8-4-2-6-14(16)15-7-3-5-9-17(15)18/h2-9,18-20,26H,10-13H2,1H3,(H,24,27)(H,25,30)(H,28,29)/t19-,20+/m0/s1. The van der Waals surface area contributed by atoms with Crippen molar-refractivity contribution in [3.8, 4) is 11.1 Å². The van der Waals surface area contributed by atoms with E-state index < -0.39 is 36.7 Å². The summed E-state index contributed by atoms with van der Waals surface area (Å²) < 4.78 is 5.48. The number of carbonyl (C=O) groups is 3. The number of fused-ring (bicyclic) bond motifs is 3. The summed E-state index contributed by atoms with van der Waals surface area (Å²) in [5, 5.41) is 22.9. The van der Waals surface area contributed by atoms with E-state index in [0.717, 1.165) is 22.3 Å². The number of carboxylic acid groups (broad SMARTS) is 1. The topological polar surface area (TPSA) is 125 Å². The zero-order chi connectivity index (χ0) is 23.1. The van der Waals surface area contributed by atoms with Gasteiger partial charge < -0.3 is 25.6 Å². The van der Waals surface area contributed by atoms with Crippen LogP contribution in [0.2, 0.25) is 0 Å². The minimum absolute atomic E-state index is 0.102. The molecule has 0 radical (unpaired) electrons. The van der Waals surface area contributed by atoms with Gasteiger partial charge in [-0.2, -0.15) is 11.8 Å². The molecule has 0 aliphatic heterocycles. The highest BCUT2D eigenvalue weighted by molar-refractivity contribution is 7.98. The summed E-state index contributed by atoms with van der Waals surface area (Å²) in [7, 11) is 0. The SMILES string of the molecule is CSCC[C@H](NC(=O)OCC1c2ccccc2-c2ccccc21)C(=O)N[C@H](CO)C(=O)O. The number of aliphatic hydroxyl groups excluding tert-OH is 1. The number of alkyl carbamates (subject to hydrolysis) is 1. The Kier molecular flexibility index (Phi) is 8.13. The van der Waals surface area contributed by atoms with Crippen molar-refractivity contribution in [2.24, 2.45) is 0 Å². The van der Waals surface area contributed by atoms with Crippen LogP contribution in [-0.2, 0) is 14.3 Å². The lowest BCUT2D eigenvalue weighted by molar-refractivity contribution is -0.143. The van der Waals surface area contributed by atoms with Gasteiger partial charge in [-0.15, -0.1) is 0 Å². The second-order valence-electron chi connectivity index (χ2n) is 7.39. The van der Waals surface area contributed by atoms with Crippen molar-refractivity contribution < 1.29 is 29.3 Å². The fraction of sp³-hybridized carbons (Fsp3) is 0.348. The first-order chi connectivity index (χ1) is 15.5. The predicted octanol–water partition coefficient (Wildman–Crippen LogP) is 2.21. The van der Waals surface area contributed by atoms with Gasteiger partial charge in [0, 0.05) is 5.92 Å². The molecule has 0 heterocycles. The van der Waals surface area contributed by atoms with Gasteiger partial charge >= 0.3 is 12.1 Å². The van der Waals surface area contributed by atoms with E-state index in [4.69, 9.17) is 14.9 Å². The van der Waals surface area contributed by atoms with Gasteiger partial charge in [0.05, 0.1) is 6.61 Å². The molecule has 0 saturated heterocycles.